The largest absolute Gasteiger partial charge is 0.464 e. The highest BCUT2D eigenvalue weighted by atomic mass is 16.5. The molecule has 3 heteroatoms. The number of nitrogens with zero attached hydrogens (tertiary/aromatic N) is 1. The van der Waals surface area contributed by atoms with Gasteiger partial charge < -0.3 is 9.64 Å². The fourth-order valence-corrected chi connectivity index (χ4v) is 1.01. The molecule has 0 radical (unpaired) electrons. The summed E-state index contributed by atoms with van der Waals surface area (Å²) in [6.07, 6.45) is 2.84. The Bertz CT molecular complexity index is 175. The predicted octanol–water partition coefficient (Wildman–Crippen LogP) is 1.41. The Labute approximate surface area is 74.0 Å². The maximum absolute atomic E-state index is 10.9. The van der Waals surface area contributed by atoms with Gasteiger partial charge >= 0.3 is 5.97 Å². The van der Waals surface area contributed by atoms with Crippen molar-refractivity contribution in [2.24, 2.45) is 0 Å². The first-order chi connectivity index (χ1) is 5.75. The Hall–Kier alpha value is -0.990. The Morgan fingerprint density at radius 3 is 2.50 bits per heavy atom. The van der Waals surface area contributed by atoms with E-state index >= 15 is 0 Å². The molecule has 0 saturated heterocycles. The predicted molar refractivity (Wildman–Crippen MR) is 48.7 cm³/mol. The highest BCUT2D eigenvalue weighted by Gasteiger charge is 2.17. The van der Waals surface area contributed by atoms with Crippen LogP contribution >= 0.6 is 0 Å². The van der Waals surface area contributed by atoms with Gasteiger partial charge in [0.1, 0.15) is 5.70 Å². The second kappa shape index (κ2) is 5.63. The summed E-state index contributed by atoms with van der Waals surface area (Å²) in [5.41, 5.74) is 0.683. The van der Waals surface area contributed by atoms with E-state index in [-0.39, 0.29) is 5.97 Å². The van der Waals surface area contributed by atoms with E-state index in [1.54, 1.807) is 0 Å². The molecule has 1 heterocycles. The monoisotopic (exact) mass is 171 g/mol. The number of rotatable bonds is 1. The van der Waals surface area contributed by atoms with Gasteiger partial charge in [-0.05, 0) is 6.42 Å². The molecular formula is C9H17NO2. The Morgan fingerprint density at radius 2 is 2.17 bits per heavy atom. The van der Waals surface area contributed by atoms with Gasteiger partial charge in [-0.1, -0.05) is 19.9 Å². The lowest BCUT2D eigenvalue weighted by Crippen LogP contribution is -2.20. The molecule has 0 saturated carbocycles. The van der Waals surface area contributed by atoms with Gasteiger partial charge in [0.25, 0.3) is 0 Å². The molecule has 0 aromatic carbocycles. The Balaban J connectivity index is 0.000000561. The van der Waals surface area contributed by atoms with E-state index in [0.717, 1.165) is 13.0 Å². The molecule has 12 heavy (non-hydrogen) atoms. The van der Waals surface area contributed by atoms with Crippen LogP contribution in [-0.2, 0) is 9.53 Å². The third-order valence-electron chi connectivity index (χ3n) is 1.61. The number of carbonyl (C=O) groups is 1. The lowest BCUT2D eigenvalue weighted by atomic mass is 10.4. The molecular weight excluding hydrogens is 154 g/mol. The van der Waals surface area contributed by atoms with Crippen molar-refractivity contribution in [3.05, 3.63) is 11.8 Å². The summed E-state index contributed by atoms with van der Waals surface area (Å²) in [7, 11) is 3.28. The van der Waals surface area contributed by atoms with E-state index < -0.39 is 0 Å². The van der Waals surface area contributed by atoms with Crippen molar-refractivity contribution in [1.29, 1.82) is 0 Å². The number of hydrogen-bond donors (Lipinski definition) is 0. The minimum Gasteiger partial charge on any atom is -0.464 e. The van der Waals surface area contributed by atoms with Crippen molar-refractivity contribution in [1.82, 2.24) is 4.90 Å². The maximum Gasteiger partial charge on any atom is 0.353 e. The lowest BCUT2D eigenvalue weighted by Gasteiger charge is -2.12. The lowest BCUT2D eigenvalue weighted by molar-refractivity contribution is -0.137. The quantitative estimate of drug-likeness (QED) is 0.559. The van der Waals surface area contributed by atoms with Crippen LogP contribution in [0.15, 0.2) is 11.8 Å². The van der Waals surface area contributed by atoms with Gasteiger partial charge in [-0.3, -0.25) is 0 Å². The summed E-state index contributed by atoms with van der Waals surface area (Å²) in [6, 6.07) is 0. The normalized spacial score (nSPS) is 14.7. The van der Waals surface area contributed by atoms with Crippen LogP contribution in [0.3, 0.4) is 0 Å². The molecule has 0 spiro atoms. The molecule has 1 aliphatic heterocycles. The number of carbonyl (C=O) groups excluding carboxylic acids is 1. The third kappa shape index (κ3) is 2.57. The van der Waals surface area contributed by atoms with Crippen molar-refractivity contribution in [3.8, 4) is 0 Å². The zero-order valence-corrected chi connectivity index (χ0v) is 8.26. The average Bonchev–Trinajstić information content (AvgIpc) is 2.54. The van der Waals surface area contributed by atoms with Gasteiger partial charge in [-0.2, -0.15) is 0 Å². The molecule has 0 atom stereocenters. The molecule has 70 valence electrons. The molecule has 0 unspecified atom stereocenters. The maximum atomic E-state index is 10.9. The first kappa shape index (κ1) is 11.0. The third-order valence-corrected chi connectivity index (χ3v) is 1.61. The fourth-order valence-electron chi connectivity index (χ4n) is 1.01. The summed E-state index contributed by atoms with van der Waals surface area (Å²) < 4.78 is 4.56. The molecule has 0 amide bonds. The molecule has 0 aromatic rings. The zero-order chi connectivity index (χ0) is 9.56. The summed E-state index contributed by atoms with van der Waals surface area (Å²) in [6.45, 7) is 4.92. The summed E-state index contributed by atoms with van der Waals surface area (Å²) in [4.78, 5) is 12.8. The van der Waals surface area contributed by atoms with E-state index in [1.165, 1.54) is 7.11 Å². The first-order valence-corrected chi connectivity index (χ1v) is 4.25. The summed E-state index contributed by atoms with van der Waals surface area (Å²) in [5, 5.41) is 0. The number of methoxy groups -OCH3 is 1. The first-order valence-electron chi connectivity index (χ1n) is 4.25. The smallest absolute Gasteiger partial charge is 0.353 e. The van der Waals surface area contributed by atoms with Gasteiger partial charge in [0, 0.05) is 13.6 Å². The molecule has 0 fully saturated rings. The Kier molecular flexibility index (Phi) is 5.17. The second-order valence-electron chi connectivity index (χ2n) is 2.29. The van der Waals surface area contributed by atoms with Crippen LogP contribution < -0.4 is 0 Å². The number of hydrogen-bond acceptors (Lipinski definition) is 3. The zero-order valence-electron chi connectivity index (χ0n) is 8.26. The van der Waals surface area contributed by atoms with Gasteiger partial charge in [-0.25, -0.2) is 4.79 Å². The highest BCUT2D eigenvalue weighted by Crippen LogP contribution is 2.12. The fraction of sp³-hybridized carbons (Fsp3) is 0.667. The van der Waals surface area contributed by atoms with Gasteiger partial charge in [-0.15, -0.1) is 0 Å². The molecule has 0 aromatic heterocycles. The van der Waals surface area contributed by atoms with Crippen molar-refractivity contribution in [2.45, 2.75) is 20.3 Å². The number of likely N-dealkylation sites (N-methyl/N-ethyl adjacent to an activating group) is 1. The Morgan fingerprint density at radius 1 is 1.58 bits per heavy atom. The van der Waals surface area contributed by atoms with Gasteiger partial charge in [0.2, 0.25) is 0 Å². The standard InChI is InChI=1S/C7H11NO2.C2H6/c1-8-5-3-4-6(8)7(9)10-2;1-2/h4H,3,5H2,1-2H3;1-2H3. The minimum atomic E-state index is -0.236. The van der Waals surface area contributed by atoms with E-state index in [1.807, 2.05) is 31.9 Å². The van der Waals surface area contributed by atoms with Crippen molar-refractivity contribution in [3.63, 3.8) is 0 Å². The van der Waals surface area contributed by atoms with E-state index in [2.05, 4.69) is 4.74 Å². The van der Waals surface area contributed by atoms with Crippen molar-refractivity contribution < 1.29 is 9.53 Å². The highest BCUT2D eigenvalue weighted by molar-refractivity contribution is 5.88. The topological polar surface area (TPSA) is 29.5 Å². The van der Waals surface area contributed by atoms with Crippen LogP contribution in [0, 0.1) is 0 Å². The van der Waals surface area contributed by atoms with Crippen LogP contribution in [-0.4, -0.2) is 31.6 Å². The van der Waals surface area contributed by atoms with Crippen LogP contribution in [0.25, 0.3) is 0 Å². The van der Waals surface area contributed by atoms with Crippen molar-refractivity contribution in [2.75, 3.05) is 20.7 Å². The van der Waals surface area contributed by atoms with Crippen molar-refractivity contribution >= 4 is 5.97 Å². The van der Waals surface area contributed by atoms with E-state index in [9.17, 15) is 4.79 Å². The van der Waals surface area contributed by atoms with Crippen LogP contribution in [0.5, 0.6) is 0 Å². The van der Waals surface area contributed by atoms with Crippen LogP contribution in [0.1, 0.15) is 20.3 Å². The molecule has 1 rings (SSSR count). The number of esters is 1. The average molecular weight is 171 g/mol. The molecule has 1 aliphatic rings. The molecule has 3 nitrogen and oxygen atoms in total. The summed E-state index contributed by atoms with van der Waals surface area (Å²) >= 11 is 0. The van der Waals surface area contributed by atoms with Crippen LogP contribution in [0.4, 0.5) is 0 Å². The van der Waals surface area contributed by atoms with Gasteiger partial charge in [0.05, 0.1) is 7.11 Å². The molecule has 0 aliphatic carbocycles. The minimum absolute atomic E-state index is 0.236. The molecule has 0 bridgehead atoms. The van der Waals surface area contributed by atoms with E-state index in [0.29, 0.717) is 5.70 Å². The number of ether oxygens (including phenoxy) is 1. The summed E-state index contributed by atoms with van der Waals surface area (Å²) in [5.74, 6) is -0.236. The molecule has 0 N–H and O–H groups in total. The van der Waals surface area contributed by atoms with Crippen LogP contribution in [0.2, 0.25) is 0 Å². The van der Waals surface area contributed by atoms with E-state index in [4.69, 9.17) is 0 Å². The SMILES string of the molecule is CC.COC(=O)C1=CCCN1C. The van der Waals surface area contributed by atoms with Gasteiger partial charge in [0.15, 0.2) is 0 Å². The second-order valence-corrected chi connectivity index (χ2v) is 2.29.